The van der Waals surface area contributed by atoms with Crippen molar-refractivity contribution in [1.82, 2.24) is 4.72 Å². The molecule has 1 aliphatic rings. The van der Waals surface area contributed by atoms with Crippen LogP contribution in [0.3, 0.4) is 0 Å². The number of halogens is 2. The van der Waals surface area contributed by atoms with Crippen molar-refractivity contribution in [2.75, 3.05) is 12.3 Å². The SMILES string of the molecule is CC1(C)CC(NS(=O)(=O)c2cc(N)cc(F)c2F)CCO1. The van der Waals surface area contributed by atoms with Crippen LogP contribution in [0.4, 0.5) is 14.5 Å². The summed E-state index contributed by atoms with van der Waals surface area (Å²) >= 11 is 0. The molecule has 0 aromatic heterocycles. The predicted octanol–water partition coefficient (Wildman–Crippen LogP) is 1.78. The van der Waals surface area contributed by atoms with Gasteiger partial charge in [-0.25, -0.2) is 21.9 Å². The lowest BCUT2D eigenvalue weighted by molar-refractivity contribution is -0.0599. The molecule has 8 heteroatoms. The van der Waals surface area contributed by atoms with Gasteiger partial charge in [0.25, 0.3) is 0 Å². The van der Waals surface area contributed by atoms with Gasteiger partial charge in [-0.3, -0.25) is 0 Å². The third-order valence-electron chi connectivity index (χ3n) is 3.33. The van der Waals surface area contributed by atoms with E-state index in [-0.39, 0.29) is 5.69 Å². The number of anilines is 1. The summed E-state index contributed by atoms with van der Waals surface area (Å²) in [6, 6.07) is 1.25. The summed E-state index contributed by atoms with van der Waals surface area (Å²) in [5.41, 5.74) is 4.76. The topological polar surface area (TPSA) is 81.4 Å². The summed E-state index contributed by atoms with van der Waals surface area (Å²) < 4.78 is 59.3. The standard InChI is InChI=1S/C13H18F2N2O3S/c1-13(2)7-9(3-4-20-13)17-21(18,19)11-6-8(16)5-10(14)12(11)15/h5-6,9,17H,3-4,7,16H2,1-2H3. The van der Waals surface area contributed by atoms with Crippen LogP contribution in [-0.4, -0.2) is 26.7 Å². The zero-order valence-electron chi connectivity index (χ0n) is 11.8. The smallest absolute Gasteiger partial charge is 0.243 e. The number of ether oxygens (including phenoxy) is 1. The fraction of sp³-hybridized carbons (Fsp3) is 0.538. The van der Waals surface area contributed by atoms with Gasteiger partial charge in [0.2, 0.25) is 10.0 Å². The summed E-state index contributed by atoms with van der Waals surface area (Å²) in [5.74, 6) is -2.72. The van der Waals surface area contributed by atoms with Gasteiger partial charge in [0, 0.05) is 18.3 Å². The van der Waals surface area contributed by atoms with Crippen LogP contribution < -0.4 is 10.5 Å². The van der Waals surface area contributed by atoms with E-state index in [4.69, 9.17) is 10.5 Å². The Bertz CT molecular complexity index is 647. The number of nitrogens with two attached hydrogens (primary N) is 1. The molecule has 0 radical (unpaired) electrons. The van der Waals surface area contributed by atoms with Crippen LogP contribution in [0.2, 0.25) is 0 Å². The van der Waals surface area contributed by atoms with E-state index in [2.05, 4.69) is 4.72 Å². The van der Waals surface area contributed by atoms with Crippen LogP contribution in [-0.2, 0) is 14.8 Å². The Morgan fingerprint density at radius 3 is 2.67 bits per heavy atom. The third-order valence-corrected chi connectivity index (χ3v) is 4.85. The Labute approximate surface area is 122 Å². The van der Waals surface area contributed by atoms with Gasteiger partial charge >= 0.3 is 0 Å². The molecule has 118 valence electrons. The van der Waals surface area contributed by atoms with Crippen LogP contribution in [0.1, 0.15) is 26.7 Å². The normalized spacial score (nSPS) is 22.2. The van der Waals surface area contributed by atoms with Crippen molar-refractivity contribution in [2.45, 2.75) is 43.2 Å². The molecule has 0 amide bonds. The van der Waals surface area contributed by atoms with Gasteiger partial charge in [-0.2, -0.15) is 0 Å². The summed E-state index contributed by atoms with van der Waals surface area (Å²) in [4.78, 5) is -0.774. The number of nitrogen functional groups attached to an aromatic ring is 1. The van der Waals surface area contributed by atoms with Crippen molar-refractivity contribution in [3.63, 3.8) is 0 Å². The average molecular weight is 320 g/mol. The van der Waals surface area contributed by atoms with E-state index in [9.17, 15) is 17.2 Å². The summed E-state index contributed by atoms with van der Waals surface area (Å²) in [5, 5.41) is 0. The molecule has 1 aliphatic heterocycles. The molecule has 2 rings (SSSR count). The Kier molecular flexibility index (Phi) is 4.23. The lowest BCUT2D eigenvalue weighted by Gasteiger charge is -2.35. The maximum Gasteiger partial charge on any atom is 0.243 e. The van der Waals surface area contributed by atoms with Crippen LogP contribution in [0, 0.1) is 11.6 Å². The van der Waals surface area contributed by atoms with Gasteiger partial charge < -0.3 is 10.5 Å². The number of benzene rings is 1. The predicted molar refractivity (Wildman–Crippen MR) is 74.1 cm³/mol. The maximum absolute atomic E-state index is 13.7. The molecule has 1 aromatic rings. The van der Waals surface area contributed by atoms with E-state index in [1.807, 2.05) is 13.8 Å². The van der Waals surface area contributed by atoms with Crippen molar-refractivity contribution in [3.05, 3.63) is 23.8 Å². The van der Waals surface area contributed by atoms with Gasteiger partial charge in [0.05, 0.1) is 5.60 Å². The minimum Gasteiger partial charge on any atom is -0.399 e. The van der Waals surface area contributed by atoms with Crippen LogP contribution in [0.25, 0.3) is 0 Å². The number of sulfonamides is 1. The molecular formula is C13H18F2N2O3S. The average Bonchev–Trinajstić information content (AvgIpc) is 2.31. The largest absolute Gasteiger partial charge is 0.399 e. The van der Waals surface area contributed by atoms with Crippen molar-refractivity contribution >= 4 is 15.7 Å². The Balaban J connectivity index is 2.27. The second-order valence-electron chi connectivity index (χ2n) is 5.73. The molecule has 0 spiro atoms. The Morgan fingerprint density at radius 2 is 2.05 bits per heavy atom. The molecule has 0 aliphatic carbocycles. The minimum absolute atomic E-state index is 0.151. The number of nitrogens with one attached hydrogen (secondary N) is 1. The summed E-state index contributed by atoms with van der Waals surface area (Å²) in [6.07, 6.45) is 0.910. The highest BCUT2D eigenvalue weighted by atomic mass is 32.2. The molecule has 21 heavy (non-hydrogen) atoms. The first kappa shape index (κ1) is 16.1. The van der Waals surface area contributed by atoms with Gasteiger partial charge in [-0.05, 0) is 38.8 Å². The minimum atomic E-state index is -4.19. The van der Waals surface area contributed by atoms with E-state index in [0.717, 1.165) is 12.1 Å². The summed E-state index contributed by atoms with van der Waals surface area (Å²) in [7, 11) is -4.19. The van der Waals surface area contributed by atoms with Gasteiger partial charge in [0.15, 0.2) is 11.6 Å². The second kappa shape index (κ2) is 5.51. The molecule has 1 unspecified atom stereocenters. The molecule has 1 atom stereocenters. The molecule has 5 nitrogen and oxygen atoms in total. The quantitative estimate of drug-likeness (QED) is 0.832. The lowest BCUT2D eigenvalue weighted by Crippen LogP contribution is -2.45. The molecule has 1 heterocycles. The van der Waals surface area contributed by atoms with E-state index >= 15 is 0 Å². The first-order valence-electron chi connectivity index (χ1n) is 6.51. The third kappa shape index (κ3) is 3.69. The molecule has 3 N–H and O–H groups in total. The molecular weight excluding hydrogens is 302 g/mol. The zero-order chi connectivity index (χ0) is 15.8. The first-order chi connectivity index (χ1) is 9.61. The highest BCUT2D eigenvalue weighted by molar-refractivity contribution is 7.89. The van der Waals surface area contributed by atoms with Gasteiger partial charge in [0.1, 0.15) is 4.90 Å². The van der Waals surface area contributed by atoms with E-state index in [0.29, 0.717) is 19.4 Å². The van der Waals surface area contributed by atoms with Crippen molar-refractivity contribution in [2.24, 2.45) is 0 Å². The fourth-order valence-corrected chi connectivity index (χ4v) is 3.79. The second-order valence-corrected chi connectivity index (χ2v) is 7.42. The van der Waals surface area contributed by atoms with E-state index < -0.39 is 38.2 Å². The monoisotopic (exact) mass is 320 g/mol. The highest BCUT2D eigenvalue weighted by Crippen LogP contribution is 2.26. The number of hydrogen-bond acceptors (Lipinski definition) is 4. The van der Waals surface area contributed by atoms with Crippen molar-refractivity contribution < 1.29 is 21.9 Å². The van der Waals surface area contributed by atoms with E-state index in [1.165, 1.54) is 0 Å². The molecule has 1 aromatic carbocycles. The summed E-state index contributed by atoms with van der Waals surface area (Å²) in [6.45, 7) is 4.08. The zero-order valence-corrected chi connectivity index (χ0v) is 12.6. The van der Waals surface area contributed by atoms with Crippen LogP contribution in [0.5, 0.6) is 0 Å². The highest BCUT2D eigenvalue weighted by Gasteiger charge is 2.33. The first-order valence-corrected chi connectivity index (χ1v) is 8.00. The fourth-order valence-electron chi connectivity index (χ4n) is 2.39. The lowest BCUT2D eigenvalue weighted by atomic mass is 9.95. The molecule has 1 fully saturated rings. The Hall–Kier alpha value is -1.25. The Morgan fingerprint density at radius 1 is 1.38 bits per heavy atom. The number of rotatable bonds is 3. The number of hydrogen-bond donors (Lipinski definition) is 2. The van der Waals surface area contributed by atoms with Gasteiger partial charge in [-0.1, -0.05) is 0 Å². The maximum atomic E-state index is 13.7. The van der Waals surface area contributed by atoms with Crippen LogP contribution in [0.15, 0.2) is 17.0 Å². The molecule has 0 saturated carbocycles. The molecule has 1 saturated heterocycles. The van der Waals surface area contributed by atoms with Crippen molar-refractivity contribution in [3.8, 4) is 0 Å². The molecule has 0 bridgehead atoms. The van der Waals surface area contributed by atoms with E-state index in [1.54, 1.807) is 0 Å². The van der Waals surface area contributed by atoms with Crippen LogP contribution >= 0.6 is 0 Å². The van der Waals surface area contributed by atoms with Crippen molar-refractivity contribution in [1.29, 1.82) is 0 Å². The van der Waals surface area contributed by atoms with Gasteiger partial charge in [-0.15, -0.1) is 0 Å².